The minimum absolute atomic E-state index is 0.0297. The Labute approximate surface area is 181 Å². The van der Waals surface area contributed by atoms with Crippen molar-refractivity contribution in [2.75, 3.05) is 39.8 Å². The molecule has 1 fully saturated rings. The van der Waals surface area contributed by atoms with Crippen molar-refractivity contribution in [2.45, 2.75) is 24.8 Å². The lowest BCUT2D eigenvalue weighted by Crippen LogP contribution is -2.64. The van der Waals surface area contributed by atoms with Crippen molar-refractivity contribution in [2.24, 2.45) is 0 Å². The summed E-state index contributed by atoms with van der Waals surface area (Å²) >= 11 is 6.09. The first kappa shape index (κ1) is 21.1. The molecule has 2 aromatic carbocycles. The number of hydrogen-bond donors (Lipinski definition) is 2. The predicted molar refractivity (Wildman–Crippen MR) is 116 cm³/mol. The molecule has 0 unspecified atom stereocenters. The summed E-state index contributed by atoms with van der Waals surface area (Å²) in [5, 5.41) is 6.72. The van der Waals surface area contributed by atoms with E-state index in [1.165, 1.54) is 30.4 Å². The molecule has 1 aliphatic carbocycles. The van der Waals surface area contributed by atoms with Crippen LogP contribution in [-0.2, 0) is 24.1 Å². The maximum atomic E-state index is 13.8. The van der Waals surface area contributed by atoms with Crippen LogP contribution in [0.4, 0.5) is 4.39 Å². The normalized spacial score (nSPS) is 18.1. The summed E-state index contributed by atoms with van der Waals surface area (Å²) in [5.74, 6) is 0.0742. The Hall–Kier alpha value is -2.15. The fourth-order valence-electron chi connectivity index (χ4n) is 4.72. The van der Waals surface area contributed by atoms with E-state index in [4.69, 9.17) is 16.3 Å². The van der Waals surface area contributed by atoms with Crippen molar-refractivity contribution in [1.82, 2.24) is 15.5 Å². The molecule has 4 rings (SSSR count). The number of nitrogens with zero attached hydrogens (tertiary/aromatic N) is 1. The largest absolute Gasteiger partial charge is 0.495 e. The number of fused-ring (bicyclic) bond motifs is 1. The molecule has 5 nitrogen and oxygen atoms in total. The van der Waals surface area contributed by atoms with Gasteiger partial charge in [0.1, 0.15) is 17.1 Å². The Kier molecular flexibility index (Phi) is 6.27. The molecule has 7 heteroatoms. The minimum atomic E-state index is -0.574. The van der Waals surface area contributed by atoms with E-state index >= 15 is 0 Å². The fourth-order valence-corrected chi connectivity index (χ4v) is 5.02. The van der Waals surface area contributed by atoms with E-state index < -0.39 is 11.4 Å². The lowest BCUT2D eigenvalue weighted by Gasteiger charge is -2.42. The molecule has 2 aromatic rings. The van der Waals surface area contributed by atoms with Crippen LogP contribution in [0.3, 0.4) is 0 Å². The van der Waals surface area contributed by atoms with Gasteiger partial charge in [0.25, 0.3) is 0 Å². The summed E-state index contributed by atoms with van der Waals surface area (Å²) in [6.45, 7) is 3.83. The van der Waals surface area contributed by atoms with E-state index in [9.17, 15) is 9.18 Å². The number of amides is 1. The van der Waals surface area contributed by atoms with Gasteiger partial charge in [-0.2, -0.15) is 0 Å². The maximum Gasteiger partial charge on any atom is 0.241 e. The second-order valence-electron chi connectivity index (χ2n) is 7.98. The molecule has 160 valence electrons. The second kappa shape index (κ2) is 8.92. The third-order valence-corrected chi connectivity index (χ3v) is 6.48. The Balaban J connectivity index is 1.50. The van der Waals surface area contributed by atoms with Crippen molar-refractivity contribution in [3.05, 3.63) is 63.9 Å². The molecule has 0 atom stereocenters. The van der Waals surface area contributed by atoms with Crippen LogP contribution in [0.1, 0.15) is 16.7 Å². The average Bonchev–Trinajstić information content (AvgIpc) is 3.15. The first-order valence-electron chi connectivity index (χ1n) is 10.4. The van der Waals surface area contributed by atoms with Crippen LogP contribution < -0.4 is 15.4 Å². The second-order valence-corrected chi connectivity index (χ2v) is 8.38. The maximum absolute atomic E-state index is 13.8. The number of carbonyl (C=O) groups is 1. The Bertz CT molecular complexity index is 906. The van der Waals surface area contributed by atoms with Crippen molar-refractivity contribution in [3.8, 4) is 5.75 Å². The fraction of sp³-hybridized carbons (Fsp3) is 0.435. The van der Waals surface area contributed by atoms with Crippen molar-refractivity contribution in [3.63, 3.8) is 0 Å². The van der Waals surface area contributed by atoms with Crippen molar-refractivity contribution < 1.29 is 13.9 Å². The molecule has 2 aliphatic rings. The number of benzene rings is 2. The van der Waals surface area contributed by atoms with E-state index in [0.29, 0.717) is 37.1 Å². The van der Waals surface area contributed by atoms with Crippen LogP contribution in [0, 0.1) is 5.82 Å². The highest BCUT2D eigenvalue weighted by Crippen LogP contribution is 2.35. The molecule has 2 N–H and O–H groups in total. The van der Waals surface area contributed by atoms with Crippen LogP contribution >= 0.6 is 11.6 Å². The van der Waals surface area contributed by atoms with E-state index in [-0.39, 0.29) is 10.9 Å². The summed E-state index contributed by atoms with van der Waals surface area (Å²) in [7, 11) is 1.51. The molecule has 0 aromatic heterocycles. The Morgan fingerprint density at radius 3 is 2.53 bits per heavy atom. The van der Waals surface area contributed by atoms with Crippen LogP contribution in [0.5, 0.6) is 5.75 Å². The highest BCUT2D eigenvalue weighted by molar-refractivity contribution is 6.32. The Morgan fingerprint density at radius 2 is 1.90 bits per heavy atom. The smallest absolute Gasteiger partial charge is 0.241 e. The first-order chi connectivity index (χ1) is 14.5. The van der Waals surface area contributed by atoms with Gasteiger partial charge in [-0.1, -0.05) is 35.9 Å². The Morgan fingerprint density at radius 1 is 1.23 bits per heavy atom. The predicted octanol–water partition coefficient (Wildman–Crippen LogP) is 2.59. The molecular formula is C23H27ClFN3O2. The van der Waals surface area contributed by atoms with Gasteiger partial charge in [0.05, 0.1) is 12.1 Å². The molecule has 1 aliphatic heterocycles. The monoisotopic (exact) mass is 431 g/mol. The lowest BCUT2D eigenvalue weighted by atomic mass is 9.91. The van der Waals surface area contributed by atoms with Gasteiger partial charge in [0, 0.05) is 51.1 Å². The molecule has 0 spiro atoms. The summed E-state index contributed by atoms with van der Waals surface area (Å²) < 4.78 is 19.1. The van der Waals surface area contributed by atoms with E-state index in [0.717, 1.165) is 26.2 Å². The highest BCUT2D eigenvalue weighted by atomic mass is 35.5. The molecule has 0 saturated carbocycles. The van der Waals surface area contributed by atoms with Gasteiger partial charge in [-0.05, 0) is 29.7 Å². The van der Waals surface area contributed by atoms with Crippen LogP contribution in [0.25, 0.3) is 0 Å². The number of nitrogens with one attached hydrogen (secondary N) is 2. The molecule has 1 amide bonds. The number of carbonyl (C=O) groups excluding carboxylic acids is 1. The SMILES string of the molecule is COc1c(Cl)cc(F)cc1CCNC(=O)C1(N2CCNCC2)Cc2ccccc2C1. The minimum Gasteiger partial charge on any atom is -0.495 e. The molecule has 1 saturated heterocycles. The quantitative estimate of drug-likeness (QED) is 0.738. The standard InChI is InChI=1S/C23H27ClFN3O2/c1-30-21-16(12-19(25)13-20(21)24)6-7-27-22(29)23(28-10-8-26-9-11-28)14-17-4-2-3-5-18(17)15-23/h2-5,12-13,26H,6-11,14-15H2,1H3,(H,27,29). The van der Waals surface area contributed by atoms with Crippen LogP contribution in [-0.4, -0.2) is 56.2 Å². The molecule has 1 heterocycles. The van der Waals surface area contributed by atoms with Gasteiger partial charge in [-0.3, -0.25) is 9.69 Å². The van der Waals surface area contributed by atoms with Crippen LogP contribution in [0.2, 0.25) is 5.02 Å². The number of piperazine rings is 1. The van der Waals surface area contributed by atoms with Gasteiger partial charge in [0.2, 0.25) is 5.91 Å². The van der Waals surface area contributed by atoms with Crippen LogP contribution in [0.15, 0.2) is 36.4 Å². The summed E-state index contributed by atoms with van der Waals surface area (Å²) in [5.41, 5.74) is 2.55. The zero-order chi connectivity index (χ0) is 21.1. The van der Waals surface area contributed by atoms with Gasteiger partial charge in [-0.15, -0.1) is 0 Å². The summed E-state index contributed by atoms with van der Waals surface area (Å²) in [6.07, 6.45) is 1.87. The van der Waals surface area contributed by atoms with Gasteiger partial charge in [0.15, 0.2) is 0 Å². The van der Waals surface area contributed by atoms with Gasteiger partial charge >= 0.3 is 0 Å². The third-order valence-electron chi connectivity index (χ3n) is 6.20. The average molecular weight is 432 g/mol. The van der Waals surface area contributed by atoms with E-state index in [1.54, 1.807) is 0 Å². The zero-order valence-corrected chi connectivity index (χ0v) is 17.9. The molecule has 30 heavy (non-hydrogen) atoms. The van der Waals surface area contributed by atoms with E-state index in [2.05, 4.69) is 27.7 Å². The third kappa shape index (κ3) is 4.04. The number of hydrogen-bond acceptors (Lipinski definition) is 4. The first-order valence-corrected chi connectivity index (χ1v) is 10.7. The lowest BCUT2D eigenvalue weighted by molar-refractivity contribution is -0.133. The summed E-state index contributed by atoms with van der Waals surface area (Å²) in [4.78, 5) is 15.8. The zero-order valence-electron chi connectivity index (χ0n) is 17.1. The number of halogens is 2. The van der Waals surface area contributed by atoms with Crippen molar-refractivity contribution >= 4 is 17.5 Å². The molecule has 0 radical (unpaired) electrons. The summed E-state index contributed by atoms with van der Waals surface area (Å²) in [6, 6.07) is 10.9. The number of methoxy groups -OCH3 is 1. The number of rotatable bonds is 6. The van der Waals surface area contributed by atoms with E-state index in [1.807, 2.05) is 12.1 Å². The van der Waals surface area contributed by atoms with Crippen molar-refractivity contribution in [1.29, 1.82) is 0 Å². The van der Waals surface area contributed by atoms with Gasteiger partial charge < -0.3 is 15.4 Å². The number of ether oxygens (including phenoxy) is 1. The van der Waals surface area contributed by atoms with Gasteiger partial charge in [-0.25, -0.2) is 4.39 Å². The highest BCUT2D eigenvalue weighted by Gasteiger charge is 2.48. The topological polar surface area (TPSA) is 53.6 Å². The molecular weight excluding hydrogens is 405 g/mol. The molecule has 0 bridgehead atoms.